The highest BCUT2D eigenvalue weighted by Crippen LogP contribution is 2.16. The van der Waals surface area contributed by atoms with Crippen molar-refractivity contribution in [3.63, 3.8) is 0 Å². The zero-order valence-corrected chi connectivity index (χ0v) is 8.87. The zero-order valence-electron chi connectivity index (χ0n) is 8.06. The van der Waals surface area contributed by atoms with Crippen molar-refractivity contribution in [2.24, 2.45) is 0 Å². The van der Waals surface area contributed by atoms with Crippen molar-refractivity contribution >= 4 is 9.84 Å². The standard InChI is InChI=1S/C10H8N2O2S/c1-2-15(13,14)10-4-3-8(6-11)9(5-10)7-12/h3-5H,2H2,1H3. The van der Waals surface area contributed by atoms with E-state index >= 15 is 0 Å². The third kappa shape index (κ3) is 2.15. The molecule has 0 N–H and O–H groups in total. The van der Waals surface area contributed by atoms with Crippen LogP contribution in [0.1, 0.15) is 18.1 Å². The highest BCUT2D eigenvalue weighted by Gasteiger charge is 2.13. The molecule has 1 rings (SSSR count). The van der Waals surface area contributed by atoms with Crippen molar-refractivity contribution in [1.29, 1.82) is 10.5 Å². The normalized spacial score (nSPS) is 10.3. The van der Waals surface area contributed by atoms with Crippen LogP contribution in [-0.4, -0.2) is 14.2 Å². The van der Waals surface area contributed by atoms with Crippen LogP contribution in [0.15, 0.2) is 23.1 Å². The van der Waals surface area contributed by atoms with Gasteiger partial charge in [0.1, 0.15) is 12.1 Å². The largest absolute Gasteiger partial charge is 0.224 e. The lowest BCUT2D eigenvalue weighted by Crippen LogP contribution is -2.04. The van der Waals surface area contributed by atoms with Gasteiger partial charge in [0, 0.05) is 0 Å². The first kappa shape index (κ1) is 11.2. The Kier molecular flexibility index (Phi) is 3.08. The Morgan fingerprint density at radius 1 is 1.20 bits per heavy atom. The number of rotatable bonds is 2. The molecule has 15 heavy (non-hydrogen) atoms. The molecule has 0 aliphatic rings. The fourth-order valence-electron chi connectivity index (χ4n) is 1.07. The van der Waals surface area contributed by atoms with Crippen molar-refractivity contribution in [2.75, 3.05) is 5.75 Å². The van der Waals surface area contributed by atoms with Gasteiger partial charge in [-0.15, -0.1) is 0 Å². The van der Waals surface area contributed by atoms with Gasteiger partial charge in [-0.3, -0.25) is 0 Å². The molecule has 0 radical (unpaired) electrons. The summed E-state index contributed by atoms with van der Waals surface area (Å²) in [7, 11) is -3.32. The maximum absolute atomic E-state index is 11.5. The molecule has 0 aliphatic carbocycles. The Morgan fingerprint density at radius 2 is 1.80 bits per heavy atom. The third-order valence-corrected chi connectivity index (χ3v) is 3.70. The van der Waals surface area contributed by atoms with E-state index in [0.717, 1.165) is 0 Å². The minimum Gasteiger partial charge on any atom is -0.224 e. The van der Waals surface area contributed by atoms with Gasteiger partial charge in [0.15, 0.2) is 9.84 Å². The minimum atomic E-state index is -3.32. The zero-order chi connectivity index (χ0) is 11.5. The van der Waals surface area contributed by atoms with Gasteiger partial charge in [-0.2, -0.15) is 10.5 Å². The summed E-state index contributed by atoms with van der Waals surface area (Å²) in [4.78, 5) is 0.0838. The van der Waals surface area contributed by atoms with Crippen LogP contribution in [-0.2, 0) is 9.84 Å². The smallest absolute Gasteiger partial charge is 0.178 e. The highest BCUT2D eigenvalue weighted by molar-refractivity contribution is 7.91. The Hall–Kier alpha value is -1.85. The Labute approximate surface area is 88.3 Å². The Morgan fingerprint density at radius 3 is 2.27 bits per heavy atom. The molecular weight excluding hydrogens is 212 g/mol. The molecule has 0 unspecified atom stereocenters. The quantitative estimate of drug-likeness (QED) is 0.750. The third-order valence-electron chi connectivity index (χ3n) is 1.97. The van der Waals surface area contributed by atoms with Crippen molar-refractivity contribution in [1.82, 2.24) is 0 Å². The highest BCUT2D eigenvalue weighted by atomic mass is 32.2. The molecule has 0 atom stereocenters. The number of nitrogens with zero attached hydrogens (tertiary/aromatic N) is 2. The van der Waals surface area contributed by atoms with Gasteiger partial charge < -0.3 is 0 Å². The molecule has 0 saturated heterocycles. The number of nitriles is 2. The van der Waals surface area contributed by atoms with Gasteiger partial charge in [0.25, 0.3) is 0 Å². The molecule has 1 aromatic carbocycles. The SMILES string of the molecule is CCS(=O)(=O)c1ccc(C#N)c(C#N)c1. The first-order valence-electron chi connectivity index (χ1n) is 4.22. The Balaban J connectivity index is 3.42. The van der Waals surface area contributed by atoms with Gasteiger partial charge in [-0.1, -0.05) is 6.92 Å². The summed E-state index contributed by atoms with van der Waals surface area (Å²) in [6, 6.07) is 7.55. The van der Waals surface area contributed by atoms with E-state index in [4.69, 9.17) is 10.5 Å². The van der Waals surface area contributed by atoms with E-state index in [0.29, 0.717) is 0 Å². The first-order valence-corrected chi connectivity index (χ1v) is 5.87. The van der Waals surface area contributed by atoms with E-state index in [2.05, 4.69) is 0 Å². The van der Waals surface area contributed by atoms with Crippen molar-refractivity contribution < 1.29 is 8.42 Å². The van der Waals surface area contributed by atoms with E-state index in [1.54, 1.807) is 6.07 Å². The minimum absolute atomic E-state index is 0.0240. The van der Waals surface area contributed by atoms with Crippen LogP contribution in [0, 0.1) is 22.7 Å². The van der Waals surface area contributed by atoms with Crippen LogP contribution in [0.4, 0.5) is 0 Å². The molecule has 0 fully saturated rings. The summed E-state index contributed by atoms with van der Waals surface area (Å²) in [6.45, 7) is 1.53. The average molecular weight is 220 g/mol. The number of hydrogen-bond donors (Lipinski definition) is 0. The molecule has 0 amide bonds. The van der Waals surface area contributed by atoms with Crippen LogP contribution in [0.25, 0.3) is 0 Å². The molecule has 0 aromatic heterocycles. The van der Waals surface area contributed by atoms with Crippen LogP contribution in [0.3, 0.4) is 0 Å². The topological polar surface area (TPSA) is 81.7 Å². The molecule has 0 aliphatic heterocycles. The van der Waals surface area contributed by atoms with Crippen LogP contribution < -0.4 is 0 Å². The van der Waals surface area contributed by atoms with E-state index in [-0.39, 0.29) is 21.8 Å². The average Bonchev–Trinajstić information content (AvgIpc) is 2.28. The van der Waals surface area contributed by atoms with E-state index in [1.165, 1.54) is 25.1 Å². The van der Waals surface area contributed by atoms with E-state index in [1.807, 2.05) is 6.07 Å². The first-order chi connectivity index (χ1) is 7.05. The second kappa shape index (κ2) is 4.12. The number of sulfone groups is 1. The van der Waals surface area contributed by atoms with Gasteiger partial charge in [0.2, 0.25) is 0 Å². The summed E-state index contributed by atoms with van der Waals surface area (Å²) in [5.41, 5.74) is 0.277. The summed E-state index contributed by atoms with van der Waals surface area (Å²) < 4.78 is 23.0. The number of benzene rings is 1. The molecule has 0 spiro atoms. The van der Waals surface area contributed by atoms with E-state index in [9.17, 15) is 8.42 Å². The molecular formula is C10H8N2O2S. The second-order valence-corrected chi connectivity index (χ2v) is 5.11. The summed E-state index contributed by atoms with van der Waals surface area (Å²) in [5.74, 6) is -0.0240. The molecule has 4 nitrogen and oxygen atoms in total. The summed E-state index contributed by atoms with van der Waals surface area (Å²) in [6.07, 6.45) is 0. The fourth-order valence-corrected chi connectivity index (χ4v) is 1.98. The van der Waals surface area contributed by atoms with E-state index < -0.39 is 9.84 Å². The predicted octanol–water partition coefficient (Wildman–Crippen LogP) is 1.22. The van der Waals surface area contributed by atoms with Crippen LogP contribution >= 0.6 is 0 Å². The maximum Gasteiger partial charge on any atom is 0.178 e. The van der Waals surface area contributed by atoms with Gasteiger partial charge in [-0.05, 0) is 18.2 Å². The predicted molar refractivity (Wildman–Crippen MR) is 53.6 cm³/mol. The molecule has 0 heterocycles. The van der Waals surface area contributed by atoms with Gasteiger partial charge in [0.05, 0.1) is 21.8 Å². The molecule has 1 aromatic rings. The van der Waals surface area contributed by atoms with Crippen LogP contribution in [0.5, 0.6) is 0 Å². The molecule has 0 bridgehead atoms. The van der Waals surface area contributed by atoms with Crippen molar-refractivity contribution in [3.05, 3.63) is 29.3 Å². The lowest BCUT2D eigenvalue weighted by molar-refractivity contribution is 0.597. The lowest BCUT2D eigenvalue weighted by atomic mass is 10.1. The van der Waals surface area contributed by atoms with Crippen molar-refractivity contribution in [3.8, 4) is 12.1 Å². The summed E-state index contributed by atoms with van der Waals surface area (Å²) in [5, 5.41) is 17.4. The fraction of sp³-hybridized carbons (Fsp3) is 0.200. The molecule has 76 valence electrons. The molecule has 0 saturated carbocycles. The van der Waals surface area contributed by atoms with Gasteiger partial charge >= 0.3 is 0 Å². The van der Waals surface area contributed by atoms with Crippen molar-refractivity contribution in [2.45, 2.75) is 11.8 Å². The second-order valence-electron chi connectivity index (χ2n) is 2.83. The number of hydrogen-bond acceptors (Lipinski definition) is 4. The maximum atomic E-state index is 11.5. The van der Waals surface area contributed by atoms with Gasteiger partial charge in [-0.25, -0.2) is 8.42 Å². The summed E-state index contributed by atoms with van der Waals surface area (Å²) >= 11 is 0. The lowest BCUT2D eigenvalue weighted by Gasteiger charge is -2.01. The van der Waals surface area contributed by atoms with Crippen LogP contribution in [0.2, 0.25) is 0 Å². The Bertz CT molecular complexity index is 562. The molecule has 5 heteroatoms. The monoisotopic (exact) mass is 220 g/mol.